The Labute approximate surface area is 136 Å². The first-order chi connectivity index (χ1) is 10.7. The lowest BCUT2D eigenvalue weighted by Gasteiger charge is -2.36. The molecule has 0 unspecified atom stereocenters. The summed E-state index contributed by atoms with van der Waals surface area (Å²) >= 11 is 1.52. The Morgan fingerprint density at radius 3 is 2.68 bits per heavy atom. The van der Waals surface area contributed by atoms with E-state index >= 15 is 0 Å². The highest BCUT2D eigenvalue weighted by Crippen LogP contribution is 2.29. The highest BCUT2D eigenvalue weighted by molar-refractivity contribution is 7.12. The zero-order chi connectivity index (χ0) is 15.4. The van der Waals surface area contributed by atoms with Gasteiger partial charge in [-0.3, -0.25) is 9.69 Å². The summed E-state index contributed by atoms with van der Waals surface area (Å²) < 4.78 is 0. The number of nitrogens with zero attached hydrogens (tertiary/aromatic N) is 2. The van der Waals surface area contributed by atoms with E-state index in [2.05, 4.69) is 4.90 Å². The predicted molar refractivity (Wildman–Crippen MR) is 89.3 cm³/mol. The lowest BCUT2D eigenvalue weighted by molar-refractivity contribution is -0.0252. The highest BCUT2D eigenvalue weighted by Gasteiger charge is 2.32. The first kappa shape index (κ1) is 16.0. The summed E-state index contributed by atoms with van der Waals surface area (Å²) in [5.74, 6) is 0.160. The van der Waals surface area contributed by atoms with Gasteiger partial charge in [-0.1, -0.05) is 25.3 Å². The van der Waals surface area contributed by atoms with Gasteiger partial charge in [-0.2, -0.15) is 0 Å². The first-order valence-corrected chi connectivity index (χ1v) is 9.32. The van der Waals surface area contributed by atoms with Crippen molar-refractivity contribution in [3.8, 4) is 0 Å². The molecule has 1 aliphatic heterocycles. The van der Waals surface area contributed by atoms with Gasteiger partial charge in [-0.25, -0.2) is 0 Å². The largest absolute Gasteiger partial charge is 0.389 e. The summed E-state index contributed by atoms with van der Waals surface area (Å²) in [6.45, 7) is 4.22. The molecule has 1 aromatic rings. The van der Waals surface area contributed by atoms with Crippen molar-refractivity contribution in [3.05, 3.63) is 22.4 Å². The molecule has 1 aliphatic carbocycles. The van der Waals surface area contributed by atoms with Gasteiger partial charge in [0.05, 0.1) is 10.5 Å². The van der Waals surface area contributed by atoms with Crippen LogP contribution in [0.4, 0.5) is 0 Å². The van der Waals surface area contributed by atoms with Crippen LogP contribution in [0.2, 0.25) is 0 Å². The number of rotatable bonds is 3. The number of amides is 1. The third kappa shape index (κ3) is 3.89. The summed E-state index contributed by atoms with van der Waals surface area (Å²) in [6, 6.07) is 3.83. The minimum absolute atomic E-state index is 0.160. The van der Waals surface area contributed by atoms with E-state index in [9.17, 15) is 9.90 Å². The molecule has 3 rings (SSSR count). The number of thiophene rings is 1. The maximum atomic E-state index is 12.4. The smallest absolute Gasteiger partial charge is 0.263 e. The third-order valence-corrected chi connectivity index (χ3v) is 5.77. The molecular formula is C17H26N2O2S. The fraction of sp³-hybridized carbons (Fsp3) is 0.706. The molecule has 1 N–H and O–H groups in total. The van der Waals surface area contributed by atoms with Crippen molar-refractivity contribution < 1.29 is 9.90 Å². The molecule has 0 aromatic carbocycles. The van der Waals surface area contributed by atoms with E-state index in [0.29, 0.717) is 0 Å². The standard InChI is InChI=1S/C17H26N2O2S/c20-16(15-6-4-13-22-15)19-10-5-9-18(11-12-19)14-17(21)7-2-1-3-8-17/h4,6,13,21H,1-3,5,7-12,14H2. The molecule has 22 heavy (non-hydrogen) atoms. The monoisotopic (exact) mass is 322 g/mol. The molecular weight excluding hydrogens is 296 g/mol. The Hall–Kier alpha value is -0.910. The van der Waals surface area contributed by atoms with Gasteiger partial charge in [0.15, 0.2) is 0 Å². The number of β-amino-alcohol motifs (C(OH)–C–C–N with tert-alkyl or cyclic N) is 1. The molecule has 1 amide bonds. The van der Waals surface area contributed by atoms with Crippen molar-refractivity contribution in [1.29, 1.82) is 0 Å². The summed E-state index contributed by atoms with van der Waals surface area (Å²) in [5.41, 5.74) is -0.495. The SMILES string of the molecule is O=C(c1cccs1)N1CCCN(CC2(O)CCCCC2)CC1. The van der Waals surface area contributed by atoms with E-state index in [1.807, 2.05) is 22.4 Å². The average Bonchev–Trinajstić information content (AvgIpc) is 2.95. The summed E-state index contributed by atoms with van der Waals surface area (Å²) in [7, 11) is 0. The van der Waals surface area contributed by atoms with Crippen LogP contribution in [-0.4, -0.2) is 59.1 Å². The second-order valence-electron chi connectivity index (χ2n) is 6.68. The molecule has 0 radical (unpaired) electrons. The van der Waals surface area contributed by atoms with Gasteiger partial charge in [0.25, 0.3) is 5.91 Å². The van der Waals surface area contributed by atoms with Crippen LogP contribution in [0.3, 0.4) is 0 Å². The van der Waals surface area contributed by atoms with E-state index < -0.39 is 5.60 Å². The van der Waals surface area contributed by atoms with Gasteiger partial charge in [0, 0.05) is 32.7 Å². The van der Waals surface area contributed by atoms with Crippen LogP contribution < -0.4 is 0 Å². The molecule has 122 valence electrons. The number of hydrogen-bond acceptors (Lipinski definition) is 4. The Morgan fingerprint density at radius 1 is 1.14 bits per heavy atom. The molecule has 1 saturated heterocycles. The normalized spacial score (nSPS) is 23.2. The molecule has 0 spiro atoms. The van der Waals surface area contributed by atoms with Gasteiger partial charge in [0.2, 0.25) is 0 Å². The van der Waals surface area contributed by atoms with Crippen molar-refractivity contribution in [2.45, 2.75) is 44.1 Å². The van der Waals surface area contributed by atoms with Crippen LogP contribution in [0.15, 0.2) is 17.5 Å². The highest BCUT2D eigenvalue weighted by atomic mass is 32.1. The van der Waals surface area contributed by atoms with E-state index in [1.54, 1.807) is 0 Å². The van der Waals surface area contributed by atoms with Crippen LogP contribution in [0.5, 0.6) is 0 Å². The number of hydrogen-bond donors (Lipinski definition) is 1. The van der Waals surface area contributed by atoms with E-state index in [1.165, 1.54) is 17.8 Å². The van der Waals surface area contributed by atoms with Gasteiger partial charge >= 0.3 is 0 Å². The fourth-order valence-corrected chi connectivity index (χ4v) is 4.36. The lowest BCUT2D eigenvalue weighted by Crippen LogP contribution is -2.45. The zero-order valence-corrected chi connectivity index (χ0v) is 14.0. The van der Waals surface area contributed by atoms with Gasteiger partial charge < -0.3 is 10.0 Å². The topological polar surface area (TPSA) is 43.8 Å². The number of carbonyl (C=O) groups is 1. The Morgan fingerprint density at radius 2 is 1.95 bits per heavy atom. The fourth-order valence-electron chi connectivity index (χ4n) is 3.67. The summed E-state index contributed by atoms with van der Waals surface area (Å²) in [5, 5.41) is 12.7. The molecule has 2 aliphatic rings. The van der Waals surface area contributed by atoms with E-state index in [0.717, 1.165) is 69.7 Å². The van der Waals surface area contributed by atoms with Gasteiger partial charge in [-0.05, 0) is 30.7 Å². The molecule has 5 heteroatoms. The maximum Gasteiger partial charge on any atom is 0.263 e. The molecule has 1 saturated carbocycles. The van der Waals surface area contributed by atoms with Crippen LogP contribution >= 0.6 is 11.3 Å². The summed E-state index contributed by atoms with van der Waals surface area (Å²) in [4.78, 5) is 17.6. The van der Waals surface area contributed by atoms with Gasteiger partial charge in [-0.15, -0.1) is 11.3 Å². The zero-order valence-electron chi connectivity index (χ0n) is 13.2. The quantitative estimate of drug-likeness (QED) is 0.930. The molecule has 0 bridgehead atoms. The average molecular weight is 322 g/mol. The molecule has 1 aromatic heterocycles. The third-order valence-electron chi connectivity index (χ3n) is 4.91. The Balaban J connectivity index is 1.54. The van der Waals surface area contributed by atoms with Crippen molar-refractivity contribution in [3.63, 3.8) is 0 Å². The van der Waals surface area contributed by atoms with Crippen molar-refractivity contribution in [2.75, 3.05) is 32.7 Å². The van der Waals surface area contributed by atoms with E-state index in [-0.39, 0.29) is 5.91 Å². The van der Waals surface area contributed by atoms with Gasteiger partial charge in [0.1, 0.15) is 0 Å². The lowest BCUT2D eigenvalue weighted by atomic mass is 9.84. The minimum Gasteiger partial charge on any atom is -0.389 e. The Bertz CT molecular complexity index is 483. The number of aliphatic hydroxyl groups is 1. The number of carbonyl (C=O) groups excluding carboxylic acids is 1. The molecule has 2 heterocycles. The minimum atomic E-state index is -0.495. The van der Waals surface area contributed by atoms with Crippen LogP contribution in [0.1, 0.15) is 48.2 Å². The van der Waals surface area contributed by atoms with Crippen LogP contribution in [-0.2, 0) is 0 Å². The second kappa shape index (κ2) is 7.11. The van der Waals surface area contributed by atoms with E-state index in [4.69, 9.17) is 0 Å². The Kier molecular flexibility index (Phi) is 5.16. The molecule has 2 fully saturated rings. The summed E-state index contributed by atoms with van der Waals surface area (Å²) in [6.07, 6.45) is 6.40. The van der Waals surface area contributed by atoms with Crippen molar-refractivity contribution in [1.82, 2.24) is 9.80 Å². The van der Waals surface area contributed by atoms with Crippen molar-refractivity contribution >= 4 is 17.2 Å². The van der Waals surface area contributed by atoms with Crippen LogP contribution in [0, 0.1) is 0 Å². The van der Waals surface area contributed by atoms with Crippen LogP contribution in [0.25, 0.3) is 0 Å². The first-order valence-electron chi connectivity index (χ1n) is 8.44. The van der Waals surface area contributed by atoms with Crippen molar-refractivity contribution in [2.24, 2.45) is 0 Å². The molecule has 0 atom stereocenters. The second-order valence-corrected chi connectivity index (χ2v) is 7.63. The predicted octanol–water partition coefficient (Wildman–Crippen LogP) is 2.59. The maximum absolute atomic E-state index is 12.4. The molecule has 4 nitrogen and oxygen atoms in total.